The van der Waals surface area contributed by atoms with Gasteiger partial charge in [0, 0.05) is 19.2 Å². The van der Waals surface area contributed by atoms with Crippen molar-refractivity contribution in [3.05, 3.63) is 59.1 Å². The average Bonchev–Trinajstić information content (AvgIpc) is 2.62. The second-order valence-electron chi connectivity index (χ2n) is 5.93. The molecule has 0 fully saturated rings. The molecule has 0 unspecified atom stereocenters. The fourth-order valence-corrected chi connectivity index (χ4v) is 2.84. The van der Waals surface area contributed by atoms with E-state index in [-0.39, 0.29) is 18.4 Å². The van der Waals surface area contributed by atoms with Crippen molar-refractivity contribution in [3.8, 4) is 5.75 Å². The molecular weight excluding hydrogens is 352 g/mol. The molecule has 2 amide bonds. The number of rotatable bonds is 8. The van der Waals surface area contributed by atoms with Gasteiger partial charge in [0.2, 0.25) is 11.8 Å². The Morgan fingerprint density at radius 1 is 1.15 bits per heavy atom. The third kappa shape index (κ3) is 6.08. The molecule has 0 aliphatic carbocycles. The number of aryl methyl sites for hydroxylation is 1. The van der Waals surface area contributed by atoms with Gasteiger partial charge in [-0.25, -0.2) is 0 Å². The monoisotopic (exact) mass is 374 g/mol. The van der Waals surface area contributed by atoms with E-state index in [9.17, 15) is 9.59 Å². The van der Waals surface area contributed by atoms with E-state index in [4.69, 9.17) is 16.3 Å². The molecule has 0 heterocycles. The Labute approximate surface area is 158 Å². The maximum atomic E-state index is 12.2. The van der Waals surface area contributed by atoms with Crippen LogP contribution in [0.15, 0.2) is 48.5 Å². The Morgan fingerprint density at radius 2 is 1.88 bits per heavy atom. The van der Waals surface area contributed by atoms with Gasteiger partial charge in [-0.15, -0.1) is 0 Å². The lowest BCUT2D eigenvalue weighted by Gasteiger charge is -2.20. The highest BCUT2D eigenvalue weighted by Crippen LogP contribution is 2.27. The molecule has 6 heteroatoms. The minimum atomic E-state index is -0.263. The van der Waals surface area contributed by atoms with Gasteiger partial charge in [-0.1, -0.05) is 41.9 Å². The molecule has 26 heavy (non-hydrogen) atoms. The van der Waals surface area contributed by atoms with Crippen LogP contribution in [0.25, 0.3) is 0 Å². The fourth-order valence-electron chi connectivity index (χ4n) is 2.58. The molecule has 1 N–H and O–H groups in total. The van der Waals surface area contributed by atoms with Gasteiger partial charge in [0.15, 0.2) is 0 Å². The first kappa shape index (κ1) is 19.8. The lowest BCUT2D eigenvalue weighted by molar-refractivity contribution is -0.132. The van der Waals surface area contributed by atoms with Gasteiger partial charge >= 0.3 is 0 Å². The number of halogens is 1. The minimum Gasteiger partial charge on any atom is -0.495 e. The predicted octanol–water partition coefficient (Wildman–Crippen LogP) is 3.77. The van der Waals surface area contributed by atoms with Gasteiger partial charge in [-0.05, 0) is 36.6 Å². The number of carbonyl (C=O) groups is 2. The summed E-state index contributed by atoms with van der Waals surface area (Å²) in [6, 6.07) is 15.1. The summed E-state index contributed by atoms with van der Waals surface area (Å²) < 4.78 is 5.08. The maximum absolute atomic E-state index is 12.2. The molecule has 2 rings (SSSR count). The molecular formula is C20H23ClN2O3. The normalized spacial score (nSPS) is 10.3. The van der Waals surface area contributed by atoms with Crippen LogP contribution >= 0.6 is 11.6 Å². The second-order valence-corrected chi connectivity index (χ2v) is 6.33. The first-order chi connectivity index (χ1) is 12.5. The average molecular weight is 375 g/mol. The first-order valence-corrected chi connectivity index (χ1v) is 8.80. The standard InChI is InChI=1S/C20H23ClN2O3/c1-15(24)23(12-6-9-16-7-4-3-5-8-16)14-20(25)22-17-10-11-19(26-2)18(21)13-17/h3-5,7-8,10-11,13H,6,9,12,14H2,1-2H3,(H,22,25). The predicted molar refractivity (Wildman–Crippen MR) is 104 cm³/mol. The van der Waals surface area contributed by atoms with Crippen LogP contribution in [0, 0.1) is 0 Å². The zero-order valence-electron chi connectivity index (χ0n) is 15.0. The Balaban J connectivity index is 1.87. The van der Waals surface area contributed by atoms with Crippen molar-refractivity contribution in [2.75, 3.05) is 25.5 Å². The number of nitrogens with zero attached hydrogens (tertiary/aromatic N) is 1. The Bertz CT molecular complexity index is 750. The summed E-state index contributed by atoms with van der Waals surface area (Å²) in [4.78, 5) is 25.6. The highest BCUT2D eigenvalue weighted by atomic mass is 35.5. The van der Waals surface area contributed by atoms with E-state index >= 15 is 0 Å². The quantitative estimate of drug-likeness (QED) is 0.765. The second kappa shape index (κ2) is 9.82. The number of methoxy groups -OCH3 is 1. The summed E-state index contributed by atoms with van der Waals surface area (Å²) >= 11 is 6.06. The molecule has 0 atom stereocenters. The molecule has 0 aliphatic heterocycles. The fraction of sp³-hybridized carbons (Fsp3) is 0.300. The van der Waals surface area contributed by atoms with Crippen molar-refractivity contribution in [1.82, 2.24) is 4.90 Å². The lowest BCUT2D eigenvalue weighted by atomic mass is 10.1. The molecule has 0 radical (unpaired) electrons. The van der Waals surface area contributed by atoms with Crippen LogP contribution in [-0.4, -0.2) is 36.9 Å². The molecule has 0 saturated carbocycles. The summed E-state index contributed by atoms with van der Waals surface area (Å²) in [7, 11) is 1.53. The van der Waals surface area contributed by atoms with Gasteiger partial charge in [0.1, 0.15) is 5.75 Å². The van der Waals surface area contributed by atoms with Gasteiger partial charge in [0.25, 0.3) is 0 Å². The molecule has 2 aromatic carbocycles. The zero-order chi connectivity index (χ0) is 18.9. The van der Waals surface area contributed by atoms with E-state index in [0.29, 0.717) is 23.0 Å². The van der Waals surface area contributed by atoms with Crippen molar-refractivity contribution in [2.45, 2.75) is 19.8 Å². The van der Waals surface area contributed by atoms with E-state index in [1.54, 1.807) is 23.1 Å². The third-order valence-corrected chi connectivity index (χ3v) is 4.25. The molecule has 0 aliphatic rings. The molecule has 138 valence electrons. The van der Waals surface area contributed by atoms with Crippen LogP contribution in [0.2, 0.25) is 5.02 Å². The Hall–Kier alpha value is -2.53. The topological polar surface area (TPSA) is 58.6 Å². The minimum absolute atomic E-state index is 0.00771. The molecule has 0 spiro atoms. The summed E-state index contributed by atoms with van der Waals surface area (Å²) in [6.07, 6.45) is 1.66. The van der Waals surface area contributed by atoms with Crippen LogP contribution < -0.4 is 10.1 Å². The maximum Gasteiger partial charge on any atom is 0.243 e. The van der Waals surface area contributed by atoms with E-state index in [1.807, 2.05) is 18.2 Å². The van der Waals surface area contributed by atoms with Crippen LogP contribution in [0.4, 0.5) is 5.69 Å². The summed E-state index contributed by atoms with van der Waals surface area (Å²) in [5, 5.41) is 3.17. The molecule has 2 aromatic rings. The lowest BCUT2D eigenvalue weighted by Crippen LogP contribution is -2.37. The van der Waals surface area contributed by atoms with Crippen LogP contribution in [0.1, 0.15) is 18.9 Å². The molecule has 0 aromatic heterocycles. The van der Waals surface area contributed by atoms with Crippen LogP contribution in [-0.2, 0) is 16.0 Å². The summed E-state index contributed by atoms with van der Waals surface area (Å²) in [5.41, 5.74) is 1.78. The van der Waals surface area contributed by atoms with Gasteiger partial charge in [0.05, 0.1) is 18.7 Å². The Kier molecular flexibility index (Phi) is 7.48. The van der Waals surface area contributed by atoms with E-state index in [0.717, 1.165) is 12.8 Å². The number of benzene rings is 2. The number of anilines is 1. The highest BCUT2D eigenvalue weighted by Gasteiger charge is 2.14. The SMILES string of the molecule is COc1ccc(NC(=O)CN(CCCc2ccccc2)C(C)=O)cc1Cl. The number of hydrogen-bond acceptors (Lipinski definition) is 3. The summed E-state index contributed by atoms with van der Waals surface area (Å²) in [5.74, 6) is 0.151. The van der Waals surface area contributed by atoms with Crippen molar-refractivity contribution < 1.29 is 14.3 Å². The van der Waals surface area contributed by atoms with Gasteiger partial charge < -0.3 is 15.0 Å². The van der Waals surface area contributed by atoms with E-state index in [2.05, 4.69) is 17.4 Å². The summed E-state index contributed by atoms with van der Waals surface area (Å²) in [6.45, 7) is 2.01. The smallest absolute Gasteiger partial charge is 0.243 e. The van der Waals surface area contributed by atoms with Crippen molar-refractivity contribution in [3.63, 3.8) is 0 Å². The van der Waals surface area contributed by atoms with Crippen LogP contribution in [0.3, 0.4) is 0 Å². The number of carbonyl (C=O) groups excluding carboxylic acids is 2. The largest absolute Gasteiger partial charge is 0.495 e. The number of nitrogens with one attached hydrogen (secondary N) is 1. The first-order valence-electron chi connectivity index (χ1n) is 8.42. The number of hydrogen-bond donors (Lipinski definition) is 1. The third-order valence-electron chi connectivity index (χ3n) is 3.95. The van der Waals surface area contributed by atoms with Crippen molar-refractivity contribution >= 4 is 29.1 Å². The molecule has 0 saturated heterocycles. The Morgan fingerprint density at radius 3 is 2.50 bits per heavy atom. The van der Waals surface area contributed by atoms with Crippen molar-refractivity contribution in [1.29, 1.82) is 0 Å². The molecule has 5 nitrogen and oxygen atoms in total. The van der Waals surface area contributed by atoms with Crippen molar-refractivity contribution in [2.24, 2.45) is 0 Å². The molecule has 0 bridgehead atoms. The number of amides is 2. The van der Waals surface area contributed by atoms with E-state index < -0.39 is 0 Å². The number of ether oxygens (including phenoxy) is 1. The van der Waals surface area contributed by atoms with Gasteiger partial charge in [-0.3, -0.25) is 9.59 Å². The van der Waals surface area contributed by atoms with E-state index in [1.165, 1.54) is 19.6 Å². The highest BCUT2D eigenvalue weighted by molar-refractivity contribution is 6.32. The zero-order valence-corrected chi connectivity index (χ0v) is 15.8. The van der Waals surface area contributed by atoms with Crippen LogP contribution in [0.5, 0.6) is 5.75 Å². The van der Waals surface area contributed by atoms with Gasteiger partial charge in [-0.2, -0.15) is 0 Å².